The first kappa shape index (κ1) is 16.9. The Kier molecular flexibility index (Phi) is 5.11. The molecule has 0 saturated heterocycles. The molecule has 2 aromatic carbocycles. The number of anilines is 2. The number of carbonyl (C=O) groups is 2. The van der Waals surface area contributed by atoms with Crippen LogP contribution in [0.25, 0.3) is 0 Å². The van der Waals surface area contributed by atoms with E-state index in [1.54, 1.807) is 31.4 Å². The van der Waals surface area contributed by atoms with Crippen LogP contribution in [0.4, 0.5) is 11.4 Å². The Morgan fingerprint density at radius 3 is 2.96 bits per heavy atom. The van der Waals surface area contributed by atoms with Gasteiger partial charge in [-0.1, -0.05) is 22.0 Å². The Labute approximate surface area is 152 Å². The summed E-state index contributed by atoms with van der Waals surface area (Å²) in [6.45, 7) is 0. The largest absolute Gasteiger partial charge is 0.497 e. The van der Waals surface area contributed by atoms with Crippen LogP contribution in [0.3, 0.4) is 0 Å². The Bertz CT molecular complexity index is 797. The quantitative estimate of drug-likeness (QED) is 0.807. The first-order valence-electron chi connectivity index (χ1n) is 7.26. The maximum Gasteiger partial charge on any atom is 0.238 e. The number of carbonyl (C=O) groups excluding carboxylic acids is 2. The van der Waals surface area contributed by atoms with Gasteiger partial charge in [-0.3, -0.25) is 9.59 Å². The third-order valence-corrected chi connectivity index (χ3v) is 5.25. The van der Waals surface area contributed by atoms with Gasteiger partial charge in [-0.25, -0.2) is 0 Å². The molecule has 1 unspecified atom stereocenters. The minimum absolute atomic E-state index is 0.100. The lowest BCUT2D eigenvalue weighted by atomic mass is 10.2. The van der Waals surface area contributed by atoms with Gasteiger partial charge < -0.3 is 15.4 Å². The number of benzene rings is 2. The number of methoxy groups -OCH3 is 1. The molecule has 0 saturated carbocycles. The van der Waals surface area contributed by atoms with E-state index in [0.29, 0.717) is 11.4 Å². The minimum atomic E-state index is -0.454. The van der Waals surface area contributed by atoms with Crippen LogP contribution in [-0.4, -0.2) is 24.2 Å². The molecule has 1 heterocycles. The van der Waals surface area contributed by atoms with Crippen LogP contribution in [-0.2, 0) is 9.59 Å². The van der Waals surface area contributed by atoms with Gasteiger partial charge in [-0.05, 0) is 30.3 Å². The Morgan fingerprint density at radius 1 is 1.33 bits per heavy atom. The molecular weight excluding hydrogens is 392 g/mol. The first-order chi connectivity index (χ1) is 11.5. The Hall–Kier alpha value is -1.99. The highest BCUT2D eigenvalue weighted by atomic mass is 79.9. The Morgan fingerprint density at radius 2 is 2.17 bits per heavy atom. The van der Waals surface area contributed by atoms with Crippen molar-refractivity contribution in [2.45, 2.75) is 16.6 Å². The second-order valence-corrected chi connectivity index (χ2v) is 7.38. The summed E-state index contributed by atoms with van der Waals surface area (Å²) in [5.41, 5.74) is 1.41. The maximum atomic E-state index is 12.2. The fourth-order valence-corrected chi connectivity index (χ4v) is 3.79. The lowest BCUT2D eigenvalue weighted by molar-refractivity contribution is -0.120. The molecule has 0 spiro atoms. The summed E-state index contributed by atoms with van der Waals surface area (Å²) in [5, 5.41) is 5.19. The maximum absolute atomic E-state index is 12.2. The van der Waals surface area contributed by atoms with Crippen LogP contribution in [0.5, 0.6) is 5.75 Å². The fraction of sp³-hybridized carbons (Fsp3) is 0.176. The highest BCUT2D eigenvalue weighted by Crippen LogP contribution is 2.38. The second kappa shape index (κ2) is 7.27. The Balaban J connectivity index is 1.66. The SMILES string of the molecule is COc1cccc(NC(=O)CC2Sc3ccc(Br)cc3NC2=O)c1. The number of amides is 2. The topological polar surface area (TPSA) is 67.4 Å². The molecule has 0 aromatic heterocycles. The average Bonchev–Trinajstić information content (AvgIpc) is 2.56. The second-order valence-electron chi connectivity index (χ2n) is 5.22. The van der Waals surface area contributed by atoms with E-state index >= 15 is 0 Å². The number of hydrogen-bond acceptors (Lipinski definition) is 4. The van der Waals surface area contributed by atoms with Crippen LogP contribution < -0.4 is 15.4 Å². The molecule has 7 heteroatoms. The highest BCUT2D eigenvalue weighted by Gasteiger charge is 2.29. The standard InChI is InChI=1S/C17H15BrN2O3S/c1-23-12-4-2-3-11(8-12)19-16(21)9-15-17(22)20-13-7-10(18)5-6-14(13)24-15/h2-8,15H,9H2,1H3,(H,19,21)(H,20,22). The van der Waals surface area contributed by atoms with Crippen molar-refractivity contribution < 1.29 is 14.3 Å². The van der Waals surface area contributed by atoms with Gasteiger partial charge in [-0.2, -0.15) is 0 Å². The van der Waals surface area contributed by atoms with Crippen LogP contribution in [0, 0.1) is 0 Å². The molecule has 0 radical (unpaired) electrons. The zero-order chi connectivity index (χ0) is 17.1. The van der Waals surface area contributed by atoms with E-state index in [1.165, 1.54) is 11.8 Å². The van der Waals surface area contributed by atoms with Gasteiger partial charge >= 0.3 is 0 Å². The molecule has 2 amide bonds. The zero-order valence-electron chi connectivity index (χ0n) is 12.8. The van der Waals surface area contributed by atoms with Crippen molar-refractivity contribution in [1.29, 1.82) is 0 Å². The molecule has 1 atom stereocenters. The smallest absolute Gasteiger partial charge is 0.238 e. The van der Waals surface area contributed by atoms with E-state index in [0.717, 1.165) is 15.1 Å². The number of ether oxygens (including phenoxy) is 1. The third-order valence-electron chi connectivity index (χ3n) is 3.49. The summed E-state index contributed by atoms with van der Waals surface area (Å²) in [5.74, 6) is 0.292. The van der Waals surface area contributed by atoms with Gasteiger partial charge in [0.25, 0.3) is 0 Å². The van der Waals surface area contributed by atoms with Crippen molar-refractivity contribution in [2.75, 3.05) is 17.7 Å². The van der Waals surface area contributed by atoms with Gasteiger partial charge in [0.2, 0.25) is 11.8 Å². The highest BCUT2D eigenvalue weighted by molar-refractivity contribution is 9.10. The molecule has 0 bridgehead atoms. The van der Waals surface area contributed by atoms with Gasteiger partial charge in [0, 0.05) is 27.5 Å². The third kappa shape index (κ3) is 3.91. The lowest BCUT2D eigenvalue weighted by Crippen LogP contribution is -2.32. The minimum Gasteiger partial charge on any atom is -0.497 e. The molecule has 3 rings (SSSR count). The van der Waals surface area contributed by atoms with Gasteiger partial charge in [-0.15, -0.1) is 11.8 Å². The lowest BCUT2D eigenvalue weighted by Gasteiger charge is -2.23. The van der Waals surface area contributed by atoms with Crippen LogP contribution in [0.2, 0.25) is 0 Å². The van der Waals surface area contributed by atoms with E-state index in [-0.39, 0.29) is 18.2 Å². The van der Waals surface area contributed by atoms with Crippen LogP contribution in [0.1, 0.15) is 6.42 Å². The fourth-order valence-electron chi connectivity index (χ4n) is 2.34. The van der Waals surface area contributed by atoms with Crippen molar-refractivity contribution in [3.05, 3.63) is 46.9 Å². The van der Waals surface area contributed by atoms with Crippen LogP contribution in [0.15, 0.2) is 51.8 Å². The summed E-state index contributed by atoms with van der Waals surface area (Å²) in [7, 11) is 1.57. The van der Waals surface area contributed by atoms with Crippen LogP contribution >= 0.6 is 27.7 Å². The van der Waals surface area contributed by atoms with Crippen molar-refractivity contribution in [2.24, 2.45) is 0 Å². The number of thioether (sulfide) groups is 1. The summed E-state index contributed by atoms with van der Waals surface area (Å²) in [6, 6.07) is 12.8. The molecule has 124 valence electrons. The summed E-state index contributed by atoms with van der Waals surface area (Å²) < 4.78 is 6.03. The van der Waals surface area contributed by atoms with Gasteiger partial charge in [0.05, 0.1) is 18.0 Å². The summed E-state index contributed by atoms with van der Waals surface area (Å²) >= 11 is 4.78. The van der Waals surface area contributed by atoms with Gasteiger partial charge in [0.15, 0.2) is 0 Å². The molecule has 1 aliphatic heterocycles. The molecule has 2 N–H and O–H groups in total. The molecule has 2 aromatic rings. The molecule has 0 fully saturated rings. The van der Waals surface area contributed by atoms with E-state index in [4.69, 9.17) is 4.74 Å². The molecule has 5 nitrogen and oxygen atoms in total. The van der Waals surface area contributed by atoms with E-state index in [9.17, 15) is 9.59 Å². The normalized spacial score (nSPS) is 16.1. The average molecular weight is 407 g/mol. The van der Waals surface area contributed by atoms with Crippen molar-refractivity contribution in [3.63, 3.8) is 0 Å². The predicted octanol–water partition coefficient (Wildman–Crippen LogP) is 3.90. The summed E-state index contributed by atoms with van der Waals surface area (Å²) in [4.78, 5) is 25.4. The molecule has 0 aliphatic carbocycles. The number of hydrogen-bond donors (Lipinski definition) is 2. The molecular formula is C17H15BrN2O3S. The van der Waals surface area contributed by atoms with E-state index < -0.39 is 5.25 Å². The van der Waals surface area contributed by atoms with Crippen molar-refractivity contribution >= 4 is 50.9 Å². The molecule has 1 aliphatic rings. The first-order valence-corrected chi connectivity index (χ1v) is 8.93. The number of fused-ring (bicyclic) bond motifs is 1. The number of nitrogens with one attached hydrogen (secondary N) is 2. The monoisotopic (exact) mass is 406 g/mol. The molecule has 24 heavy (non-hydrogen) atoms. The van der Waals surface area contributed by atoms with Crippen molar-refractivity contribution in [3.8, 4) is 5.75 Å². The van der Waals surface area contributed by atoms with Gasteiger partial charge in [0.1, 0.15) is 5.75 Å². The van der Waals surface area contributed by atoms with E-state index in [2.05, 4.69) is 26.6 Å². The number of halogens is 1. The zero-order valence-corrected chi connectivity index (χ0v) is 15.2. The van der Waals surface area contributed by atoms with E-state index in [1.807, 2.05) is 18.2 Å². The summed E-state index contributed by atoms with van der Waals surface area (Å²) in [6.07, 6.45) is 0.100. The van der Waals surface area contributed by atoms with Crippen molar-refractivity contribution in [1.82, 2.24) is 0 Å². The number of rotatable bonds is 4. The predicted molar refractivity (Wildman–Crippen MR) is 98.7 cm³/mol.